The Bertz CT molecular complexity index is 1180. The van der Waals surface area contributed by atoms with Gasteiger partial charge in [0.15, 0.2) is 14.2 Å². The highest BCUT2D eigenvalue weighted by atomic mass is 28.4. The maximum Gasteiger partial charge on any atom is 0.256 e. The van der Waals surface area contributed by atoms with Crippen LogP contribution in [0.4, 0.5) is 0 Å². The smallest absolute Gasteiger partial charge is 0.256 e. The normalized spacial score (nSPS) is 12.7. The van der Waals surface area contributed by atoms with Crippen molar-refractivity contribution < 1.29 is 18.7 Å². The highest BCUT2D eigenvalue weighted by molar-refractivity contribution is 6.74. The fourth-order valence-electron chi connectivity index (χ4n) is 3.81. The molecule has 10 heteroatoms. The molecule has 37 heavy (non-hydrogen) atoms. The van der Waals surface area contributed by atoms with Crippen molar-refractivity contribution in [2.24, 2.45) is 0 Å². The van der Waals surface area contributed by atoms with Crippen LogP contribution in [-0.2, 0) is 16.4 Å². The number of aryl methyl sites for hydroxylation is 1. The molecule has 0 atom stereocenters. The first-order chi connectivity index (χ1) is 17.2. The van der Waals surface area contributed by atoms with Crippen molar-refractivity contribution in [1.29, 1.82) is 0 Å². The predicted octanol–water partition coefficient (Wildman–Crippen LogP) is 4.89. The molecule has 202 valence electrons. The molecule has 2 aromatic heterocycles. The second-order valence-corrected chi connectivity index (χ2v) is 16.2. The van der Waals surface area contributed by atoms with Gasteiger partial charge < -0.3 is 18.8 Å². The zero-order chi connectivity index (χ0) is 27.4. The van der Waals surface area contributed by atoms with Gasteiger partial charge in [-0.15, -0.1) is 0 Å². The van der Waals surface area contributed by atoms with Crippen LogP contribution < -0.4 is 0 Å². The number of carbonyl (C=O) groups excluding carboxylic acids is 1. The molecule has 9 nitrogen and oxygen atoms in total. The van der Waals surface area contributed by atoms with Crippen molar-refractivity contribution >= 4 is 14.2 Å². The van der Waals surface area contributed by atoms with Gasteiger partial charge in [-0.05, 0) is 57.5 Å². The van der Waals surface area contributed by atoms with Crippen molar-refractivity contribution in [3.8, 4) is 5.69 Å². The fourth-order valence-corrected chi connectivity index (χ4v) is 4.90. The number of nitrogens with zero attached hydrogens (tertiary/aromatic N) is 5. The first-order valence-electron chi connectivity index (χ1n) is 12.8. The molecule has 3 aromatic rings. The summed E-state index contributed by atoms with van der Waals surface area (Å²) in [5.41, 5.74) is 0.553. The molecule has 0 aliphatic carbocycles. The molecule has 0 fully saturated rings. The lowest BCUT2D eigenvalue weighted by Gasteiger charge is -2.36. The van der Waals surface area contributed by atoms with E-state index < -0.39 is 13.9 Å². The summed E-state index contributed by atoms with van der Waals surface area (Å²) in [7, 11) is -1.88. The first-order valence-corrected chi connectivity index (χ1v) is 15.7. The first kappa shape index (κ1) is 28.7. The van der Waals surface area contributed by atoms with E-state index in [1.165, 1.54) is 4.80 Å². The number of aliphatic hydroxyl groups is 1. The van der Waals surface area contributed by atoms with E-state index in [0.717, 1.165) is 0 Å². The van der Waals surface area contributed by atoms with Gasteiger partial charge in [0.25, 0.3) is 5.91 Å². The quantitative estimate of drug-likeness (QED) is 0.279. The van der Waals surface area contributed by atoms with Gasteiger partial charge in [-0.3, -0.25) is 4.79 Å². The summed E-state index contributed by atoms with van der Waals surface area (Å²) in [5.74, 6) is 0.955. The third-order valence-corrected chi connectivity index (χ3v) is 11.5. The van der Waals surface area contributed by atoms with E-state index in [9.17, 15) is 9.90 Å². The second-order valence-electron chi connectivity index (χ2n) is 11.4. The molecule has 2 heterocycles. The van der Waals surface area contributed by atoms with Crippen molar-refractivity contribution in [2.45, 2.75) is 78.1 Å². The number of rotatable bonds is 11. The van der Waals surface area contributed by atoms with Crippen molar-refractivity contribution in [1.82, 2.24) is 24.9 Å². The minimum Gasteiger partial charge on any atom is -0.446 e. The molecule has 1 N–H and O–H groups in total. The largest absolute Gasteiger partial charge is 0.446 e. The Labute approximate surface area is 221 Å². The lowest BCUT2D eigenvalue weighted by Crippen LogP contribution is -2.41. The monoisotopic (exact) mass is 527 g/mol. The SMILES string of the molecule is Cc1oc(CCN(CCCO[Si](C)(C)C(C)(C)C)C(=O)c2ccccc2-n2nccn2)nc1C(C)(C)O. The molecule has 3 rings (SSSR count). The summed E-state index contributed by atoms with van der Waals surface area (Å²) in [4.78, 5) is 21.6. The van der Waals surface area contributed by atoms with Gasteiger partial charge in [0.2, 0.25) is 0 Å². The fraction of sp³-hybridized carbons (Fsp3) is 0.556. The standard InChI is InChI=1S/C27H41N5O4Si/c1-20-24(27(5,6)34)30-23(36-20)14-18-31(17-11-19-35-37(7,8)26(2,3)4)25(33)21-12-9-10-13-22(21)32-28-15-16-29-32/h9-10,12-13,15-16,34H,11,14,17-19H2,1-8H3. The number of amides is 1. The lowest BCUT2D eigenvalue weighted by molar-refractivity contribution is 0.0722. The summed E-state index contributed by atoms with van der Waals surface area (Å²) in [5, 5.41) is 18.9. The number of hydrogen-bond donors (Lipinski definition) is 1. The lowest BCUT2D eigenvalue weighted by atomic mass is 10.0. The summed E-state index contributed by atoms with van der Waals surface area (Å²) in [6.45, 7) is 17.8. The Balaban J connectivity index is 1.79. The summed E-state index contributed by atoms with van der Waals surface area (Å²) in [6, 6.07) is 7.33. The van der Waals surface area contributed by atoms with Crippen LogP contribution in [0.2, 0.25) is 18.1 Å². The van der Waals surface area contributed by atoms with Gasteiger partial charge in [0, 0.05) is 26.1 Å². The van der Waals surface area contributed by atoms with E-state index in [1.807, 2.05) is 18.2 Å². The number of aromatic nitrogens is 4. The molecule has 0 bridgehead atoms. The highest BCUT2D eigenvalue weighted by Gasteiger charge is 2.37. The van der Waals surface area contributed by atoms with Crippen LogP contribution in [-0.4, -0.2) is 63.9 Å². The van der Waals surface area contributed by atoms with Crippen molar-refractivity contribution in [3.05, 3.63) is 59.6 Å². The molecule has 0 aliphatic heterocycles. The molecule has 0 unspecified atom stereocenters. The van der Waals surface area contributed by atoms with E-state index in [0.29, 0.717) is 61.1 Å². The molecule has 0 spiro atoms. The number of para-hydroxylation sites is 1. The average Bonchev–Trinajstić information content (AvgIpc) is 3.47. The second kappa shape index (κ2) is 11.3. The Morgan fingerprint density at radius 1 is 1.11 bits per heavy atom. The van der Waals surface area contributed by atoms with E-state index in [-0.39, 0.29) is 10.9 Å². The minimum absolute atomic E-state index is 0.119. The number of hydrogen-bond acceptors (Lipinski definition) is 7. The van der Waals surface area contributed by atoms with Crippen LogP contribution in [0.1, 0.15) is 68.7 Å². The van der Waals surface area contributed by atoms with Crippen LogP contribution in [0, 0.1) is 6.92 Å². The molecular weight excluding hydrogens is 486 g/mol. The Hall–Kier alpha value is -2.82. The Kier molecular flexibility index (Phi) is 8.76. The van der Waals surface area contributed by atoms with Crippen LogP contribution in [0.3, 0.4) is 0 Å². The Morgan fingerprint density at radius 2 is 1.76 bits per heavy atom. The average molecular weight is 528 g/mol. The molecule has 0 radical (unpaired) electrons. The van der Waals surface area contributed by atoms with Crippen LogP contribution in [0.25, 0.3) is 5.69 Å². The van der Waals surface area contributed by atoms with Crippen molar-refractivity contribution in [3.63, 3.8) is 0 Å². The van der Waals surface area contributed by atoms with Gasteiger partial charge in [-0.25, -0.2) is 4.98 Å². The van der Waals surface area contributed by atoms with Gasteiger partial charge in [-0.1, -0.05) is 32.9 Å². The number of oxazole rings is 1. The topological polar surface area (TPSA) is 107 Å². The van der Waals surface area contributed by atoms with Gasteiger partial charge >= 0.3 is 0 Å². The van der Waals surface area contributed by atoms with Crippen LogP contribution in [0.5, 0.6) is 0 Å². The van der Waals surface area contributed by atoms with E-state index in [1.54, 1.807) is 44.1 Å². The van der Waals surface area contributed by atoms with E-state index in [2.05, 4.69) is 49.0 Å². The summed E-state index contributed by atoms with van der Waals surface area (Å²) >= 11 is 0. The number of benzene rings is 1. The van der Waals surface area contributed by atoms with E-state index in [4.69, 9.17) is 8.84 Å². The highest BCUT2D eigenvalue weighted by Crippen LogP contribution is 2.36. The zero-order valence-electron chi connectivity index (χ0n) is 23.4. The summed E-state index contributed by atoms with van der Waals surface area (Å²) < 4.78 is 12.2. The van der Waals surface area contributed by atoms with Gasteiger partial charge in [0.1, 0.15) is 17.1 Å². The third-order valence-electron chi connectivity index (χ3n) is 6.91. The molecule has 0 saturated carbocycles. The third kappa shape index (κ3) is 7.15. The summed E-state index contributed by atoms with van der Waals surface area (Å²) in [6.07, 6.45) is 4.30. The van der Waals surface area contributed by atoms with Crippen LogP contribution >= 0.6 is 0 Å². The van der Waals surface area contributed by atoms with E-state index >= 15 is 0 Å². The molecule has 0 aliphatic rings. The molecule has 1 amide bonds. The maximum absolute atomic E-state index is 13.8. The molecular formula is C27H41N5O4Si. The maximum atomic E-state index is 13.8. The zero-order valence-corrected chi connectivity index (χ0v) is 24.4. The van der Waals surface area contributed by atoms with Crippen LogP contribution in [0.15, 0.2) is 41.1 Å². The molecule has 1 aromatic carbocycles. The molecule has 0 saturated heterocycles. The van der Waals surface area contributed by atoms with Gasteiger partial charge in [-0.2, -0.15) is 15.0 Å². The predicted molar refractivity (Wildman–Crippen MR) is 145 cm³/mol. The minimum atomic E-state index is -1.88. The van der Waals surface area contributed by atoms with Crippen molar-refractivity contribution in [2.75, 3.05) is 19.7 Å². The Morgan fingerprint density at radius 3 is 2.35 bits per heavy atom. The number of carbonyl (C=O) groups is 1. The van der Waals surface area contributed by atoms with Gasteiger partial charge in [0.05, 0.1) is 23.6 Å².